The van der Waals surface area contributed by atoms with E-state index in [0.29, 0.717) is 5.69 Å². The molecule has 0 unspecified atom stereocenters. The van der Waals surface area contributed by atoms with Gasteiger partial charge in [-0.15, -0.1) is 0 Å². The minimum atomic E-state index is -1.14. The summed E-state index contributed by atoms with van der Waals surface area (Å²) in [5.41, 5.74) is 0.574. The summed E-state index contributed by atoms with van der Waals surface area (Å²) in [6.07, 6.45) is 0. The number of carboxylic acid groups (broad SMARTS) is 1. The molecule has 0 atom stereocenters. The van der Waals surface area contributed by atoms with Crippen molar-refractivity contribution in [2.75, 3.05) is 5.32 Å². The molecule has 3 N–H and O–H groups in total. The van der Waals surface area contributed by atoms with Crippen LogP contribution in [0.15, 0.2) is 24.3 Å². The molecule has 0 saturated heterocycles. The molecule has 0 spiro atoms. The van der Waals surface area contributed by atoms with Gasteiger partial charge in [-0.1, -0.05) is 6.07 Å². The van der Waals surface area contributed by atoms with Crippen LogP contribution < -0.4 is 5.32 Å². The molecule has 0 aliphatic heterocycles. The van der Waals surface area contributed by atoms with E-state index < -0.39 is 11.9 Å². The quantitative estimate of drug-likeness (QED) is 0.798. The number of aromatic nitrogens is 1. The number of carboxylic acids is 1. The Labute approximate surface area is 112 Å². The number of anilines is 1. The Hall–Kier alpha value is -2.41. The van der Waals surface area contributed by atoms with Crippen LogP contribution in [0.5, 0.6) is 5.75 Å². The van der Waals surface area contributed by atoms with Gasteiger partial charge in [0, 0.05) is 5.56 Å². The SMILES string of the molecule is Cc1nsc(NC(=O)c2cccc(O)c2)c1C(=O)O. The minimum Gasteiger partial charge on any atom is -0.508 e. The molecule has 98 valence electrons. The summed E-state index contributed by atoms with van der Waals surface area (Å²) in [7, 11) is 0. The van der Waals surface area contributed by atoms with Gasteiger partial charge in [-0.3, -0.25) is 4.79 Å². The summed E-state index contributed by atoms with van der Waals surface area (Å²) < 4.78 is 3.90. The number of hydrogen-bond acceptors (Lipinski definition) is 5. The standard InChI is InChI=1S/C12H10N2O4S/c1-6-9(12(17)18)11(19-14-6)13-10(16)7-3-2-4-8(15)5-7/h2-5,15H,1H3,(H,13,16)(H,17,18). The predicted octanol–water partition coefficient (Wildman–Crippen LogP) is 2.11. The maximum absolute atomic E-state index is 11.9. The summed E-state index contributed by atoms with van der Waals surface area (Å²) in [6.45, 7) is 1.56. The number of rotatable bonds is 3. The number of phenolic OH excluding ortho intramolecular Hbond substituents is 1. The molecular weight excluding hydrogens is 268 g/mol. The van der Waals surface area contributed by atoms with Crippen LogP contribution in [0, 0.1) is 6.92 Å². The first kappa shape index (κ1) is 13.0. The van der Waals surface area contributed by atoms with Crippen molar-refractivity contribution in [3.05, 3.63) is 41.1 Å². The maximum atomic E-state index is 11.9. The highest BCUT2D eigenvalue weighted by Gasteiger charge is 2.19. The molecule has 0 fully saturated rings. The Morgan fingerprint density at radius 1 is 1.37 bits per heavy atom. The lowest BCUT2D eigenvalue weighted by Crippen LogP contribution is -2.13. The van der Waals surface area contributed by atoms with Crippen LogP contribution in [0.25, 0.3) is 0 Å². The lowest BCUT2D eigenvalue weighted by atomic mass is 10.2. The first-order chi connectivity index (χ1) is 8.99. The fourth-order valence-electron chi connectivity index (χ4n) is 1.53. The number of hydrogen-bond donors (Lipinski definition) is 3. The van der Waals surface area contributed by atoms with Crippen LogP contribution in [-0.2, 0) is 0 Å². The summed E-state index contributed by atoms with van der Waals surface area (Å²) in [5.74, 6) is -1.67. The second-order valence-corrected chi connectivity index (χ2v) is 4.56. The summed E-state index contributed by atoms with van der Waals surface area (Å²) in [5, 5.41) is 21.0. The van der Waals surface area contributed by atoms with Crippen LogP contribution in [0.1, 0.15) is 26.4 Å². The molecule has 1 aromatic heterocycles. The van der Waals surface area contributed by atoms with Crippen LogP contribution >= 0.6 is 11.5 Å². The summed E-state index contributed by atoms with van der Waals surface area (Å²) in [6, 6.07) is 5.78. The molecule has 2 aromatic rings. The van der Waals surface area contributed by atoms with Crippen LogP contribution in [0.3, 0.4) is 0 Å². The zero-order valence-electron chi connectivity index (χ0n) is 9.88. The van der Waals surface area contributed by atoms with E-state index in [0.717, 1.165) is 11.5 Å². The van der Waals surface area contributed by atoms with E-state index >= 15 is 0 Å². The number of amides is 1. The van der Waals surface area contributed by atoms with E-state index in [1.54, 1.807) is 6.92 Å². The van der Waals surface area contributed by atoms with Gasteiger partial charge < -0.3 is 15.5 Å². The molecule has 1 amide bonds. The van der Waals surface area contributed by atoms with Gasteiger partial charge in [0.1, 0.15) is 16.3 Å². The van der Waals surface area contributed by atoms with Crippen molar-refractivity contribution in [1.82, 2.24) is 4.37 Å². The fourth-order valence-corrected chi connectivity index (χ4v) is 2.31. The molecule has 1 aromatic carbocycles. The van der Waals surface area contributed by atoms with E-state index in [1.165, 1.54) is 24.3 Å². The van der Waals surface area contributed by atoms with Crippen LogP contribution in [-0.4, -0.2) is 26.5 Å². The monoisotopic (exact) mass is 278 g/mol. The zero-order chi connectivity index (χ0) is 14.0. The second-order valence-electron chi connectivity index (χ2n) is 3.78. The van der Waals surface area contributed by atoms with Crippen molar-refractivity contribution >= 4 is 28.4 Å². The van der Waals surface area contributed by atoms with Crippen molar-refractivity contribution in [3.63, 3.8) is 0 Å². The van der Waals surface area contributed by atoms with Gasteiger partial charge in [0.05, 0.1) is 5.69 Å². The lowest BCUT2D eigenvalue weighted by molar-refractivity contribution is 0.0697. The Kier molecular flexibility index (Phi) is 3.48. The van der Waals surface area contributed by atoms with Crippen molar-refractivity contribution in [1.29, 1.82) is 0 Å². The van der Waals surface area contributed by atoms with Gasteiger partial charge in [0.2, 0.25) is 0 Å². The number of phenols is 1. The molecular formula is C12H10N2O4S. The topological polar surface area (TPSA) is 99.5 Å². The molecule has 1 heterocycles. The molecule has 0 aliphatic carbocycles. The largest absolute Gasteiger partial charge is 0.508 e. The number of benzene rings is 1. The third-order valence-electron chi connectivity index (χ3n) is 2.41. The van der Waals surface area contributed by atoms with Crippen LogP contribution in [0.4, 0.5) is 5.00 Å². The van der Waals surface area contributed by atoms with Gasteiger partial charge in [-0.05, 0) is 36.7 Å². The Balaban J connectivity index is 2.27. The third-order valence-corrected chi connectivity index (χ3v) is 3.27. The van der Waals surface area contributed by atoms with Crippen molar-refractivity contribution in [3.8, 4) is 5.75 Å². The van der Waals surface area contributed by atoms with E-state index in [9.17, 15) is 14.7 Å². The number of nitrogens with zero attached hydrogens (tertiary/aromatic N) is 1. The first-order valence-electron chi connectivity index (χ1n) is 5.29. The van der Waals surface area contributed by atoms with Gasteiger partial charge in [0.25, 0.3) is 5.91 Å². The van der Waals surface area contributed by atoms with Gasteiger partial charge >= 0.3 is 5.97 Å². The maximum Gasteiger partial charge on any atom is 0.340 e. The molecule has 19 heavy (non-hydrogen) atoms. The molecule has 0 aliphatic rings. The van der Waals surface area contributed by atoms with Gasteiger partial charge in [-0.25, -0.2) is 4.79 Å². The molecule has 6 nitrogen and oxygen atoms in total. The molecule has 2 rings (SSSR count). The third kappa shape index (κ3) is 2.71. The molecule has 0 radical (unpaired) electrons. The number of nitrogens with one attached hydrogen (secondary N) is 1. The van der Waals surface area contributed by atoms with E-state index in [1.807, 2.05) is 0 Å². The number of carbonyl (C=O) groups excluding carboxylic acids is 1. The van der Waals surface area contributed by atoms with Gasteiger partial charge in [-0.2, -0.15) is 4.37 Å². The van der Waals surface area contributed by atoms with Crippen LogP contribution in [0.2, 0.25) is 0 Å². The van der Waals surface area contributed by atoms with Crippen molar-refractivity contribution in [2.45, 2.75) is 6.92 Å². The predicted molar refractivity (Wildman–Crippen MR) is 69.9 cm³/mol. The smallest absolute Gasteiger partial charge is 0.340 e. The van der Waals surface area contributed by atoms with Crippen molar-refractivity contribution in [2.24, 2.45) is 0 Å². The Bertz CT molecular complexity index is 651. The highest BCUT2D eigenvalue weighted by atomic mass is 32.1. The average Bonchev–Trinajstić information content (AvgIpc) is 2.70. The van der Waals surface area contributed by atoms with Crippen molar-refractivity contribution < 1.29 is 19.8 Å². The summed E-state index contributed by atoms with van der Waals surface area (Å²) >= 11 is 0.906. The minimum absolute atomic E-state index is 0.0153. The normalized spacial score (nSPS) is 10.2. The lowest BCUT2D eigenvalue weighted by Gasteiger charge is -2.04. The number of aromatic carboxylic acids is 1. The summed E-state index contributed by atoms with van der Waals surface area (Å²) in [4.78, 5) is 23.0. The molecule has 0 saturated carbocycles. The molecule has 7 heteroatoms. The molecule has 0 bridgehead atoms. The van der Waals surface area contributed by atoms with Gasteiger partial charge in [0.15, 0.2) is 0 Å². The first-order valence-corrected chi connectivity index (χ1v) is 6.06. The second kappa shape index (κ2) is 5.07. The number of aryl methyl sites for hydroxylation is 1. The van der Waals surface area contributed by atoms with E-state index in [4.69, 9.17) is 5.11 Å². The fraction of sp³-hybridized carbons (Fsp3) is 0.0833. The Morgan fingerprint density at radius 3 is 2.74 bits per heavy atom. The van der Waals surface area contributed by atoms with E-state index in [2.05, 4.69) is 9.69 Å². The van der Waals surface area contributed by atoms with E-state index in [-0.39, 0.29) is 21.9 Å². The average molecular weight is 278 g/mol. The zero-order valence-corrected chi connectivity index (χ0v) is 10.7. The highest BCUT2D eigenvalue weighted by Crippen LogP contribution is 2.25. The Morgan fingerprint density at radius 2 is 2.11 bits per heavy atom. The number of carbonyl (C=O) groups is 2. The highest BCUT2D eigenvalue weighted by molar-refractivity contribution is 7.11. The number of aromatic hydroxyl groups is 1.